The Balaban J connectivity index is 0.000000882. The van der Waals surface area contributed by atoms with Crippen molar-refractivity contribution in [1.29, 1.82) is 0 Å². The summed E-state index contributed by atoms with van der Waals surface area (Å²) in [7, 11) is 0. The van der Waals surface area contributed by atoms with E-state index in [0.717, 1.165) is 115 Å². The van der Waals surface area contributed by atoms with Gasteiger partial charge in [-0.05, 0) is 74.9 Å². The Kier molecular flexibility index (Phi) is 25.6. The molecule has 0 spiro atoms. The first-order valence-electron chi connectivity index (χ1n) is 17.7. The number of carbonyl (C=O) groups excluding carboxylic acids is 2. The maximum Gasteiger partial charge on any atom is 2.00 e. The first-order valence-corrected chi connectivity index (χ1v) is 17.7. The first kappa shape index (κ1) is 44.2. The fourth-order valence-corrected chi connectivity index (χ4v) is 4.79. The fourth-order valence-electron chi connectivity index (χ4n) is 4.79. The molecule has 0 saturated heterocycles. The Morgan fingerprint density at radius 3 is 1.09 bits per heavy atom. The number of anilines is 2. The number of rotatable bonds is 24. The minimum atomic E-state index is -1.18. The summed E-state index contributed by atoms with van der Waals surface area (Å²) in [5.41, 5.74) is 2.18. The Hall–Kier alpha value is -2.80. The van der Waals surface area contributed by atoms with Crippen LogP contribution in [-0.2, 0) is 19.5 Å². The first-order chi connectivity index (χ1) is 22.3. The predicted molar refractivity (Wildman–Crippen MR) is 186 cm³/mol. The van der Waals surface area contributed by atoms with Crippen LogP contribution < -0.4 is 29.5 Å². The Morgan fingerprint density at radius 1 is 0.532 bits per heavy atom. The summed E-state index contributed by atoms with van der Waals surface area (Å²) in [4.78, 5) is 27.4. The van der Waals surface area contributed by atoms with Crippen LogP contribution in [0.25, 0.3) is 0 Å². The minimum Gasteiger partial charge on any atom is -0.545 e. The van der Waals surface area contributed by atoms with Crippen LogP contribution in [-0.4, -0.2) is 51.3 Å². The molecule has 0 N–H and O–H groups in total. The molecule has 0 fully saturated rings. The quantitative estimate of drug-likeness (QED) is 0.0830. The number of nitrogens with zero attached hydrogens (tertiary/aromatic N) is 2. The van der Waals surface area contributed by atoms with Crippen LogP contribution in [0.1, 0.15) is 139 Å². The molecule has 0 aliphatic heterocycles. The normalized spacial score (nSPS) is 10.3. The summed E-state index contributed by atoms with van der Waals surface area (Å²) < 4.78 is 11.2. The van der Waals surface area contributed by atoms with Gasteiger partial charge in [0.1, 0.15) is 11.5 Å². The molecule has 0 aromatic heterocycles. The van der Waals surface area contributed by atoms with Crippen molar-refractivity contribution in [2.45, 2.75) is 119 Å². The third-order valence-electron chi connectivity index (χ3n) is 7.73. The Labute approximate surface area is 298 Å². The molecule has 2 aromatic carbocycles. The number of benzene rings is 2. The number of carboxylic acids is 2. The fraction of sp³-hybridized carbons (Fsp3) is 0.632. The summed E-state index contributed by atoms with van der Waals surface area (Å²) in [6, 6.07) is 10.8. The van der Waals surface area contributed by atoms with Crippen LogP contribution in [0.4, 0.5) is 11.4 Å². The monoisotopic (exact) mass is 704 g/mol. The maximum absolute atomic E-state index is 11.4. The summed E-state index contributed by atoms with van der Waals surface area (Å²) >= 11 is 0. The van der Waals surface area contributed by atoms with Crippen molar-refractivity contribution in [2.75, 3.05) is 49.2 Å². The van der Waals surface area contributed by atoms with Gasteiger partial charge in [-0.3, -0.25) is 0 Å². The van der Waals surface area contributed by atoms with E-state index in [4.69, 9.17) is 9.47 Å². The molecule has 0 amide bonds. The molecule has 0 heterocycles. The summed E-state index contributed by atoms with van der Waals surface area (Å²) in [6.07, 6.45) is 12.7. The maximum atomic E-state index is 11.4. The van der Waals surface area contributed by atoms with Crippen LogP contribution in [0.2, 0.25) is 0 Å². The largest absolute Gasteiger partial charge is 2.00 e. The minimum absolute atomic E-state index is 0. The third-order valence-corrected chi connectivity index (χ3v) is 7.73. The van der Waals surface area contributed by atoms with Crippen molar-refractivity contribution < 1.29 is 48.8 Å². The van der Waals surface area contributed by atoms with Crippen molar-refractivity contribution in [1.82, 2.24) is 0 Å². The van der Waals surface area contributed by atoms with Crippen LogP contribution in [0.15, 0.2) is 36.4 Å². The van der Waals surface area contributed by atoms with Gasteiger partial charge in [-0.2, -0.15) is 0 Å². The molecule has 0 radical (unpaired) electrons. The second-order valence-electron chi connectivity index (χ2n) is 11.7. The van der Waals surface area contributed by atoms with Gasteiger partial charge in [0.05, 0.1) is 25.2 Å². The van der Waals surface area contributed by atoms with E-state index in [2.05, 4.69) is 51.3 Å². The van der Waals surface area contributed by atoms with E-state index in [1.807, 2.05) is 12.1 Å². The number of hydrogen-bond acceptors (Lipinski definition) is 8. The van der Waals surface area contributed by atoms with Gasteiger partial charge in [0.25, 0.3) is 0 Å². The molecular weight excluding hydrogens is 646 g/mol. The molecule has 2 aromatic rings. The molecule has 0 atom stereocenters. The SMILES string of the molecule is CCCCOc1ccc(N(CCCC)CCCC)cc1C(=O)[O-].CCCCOc1ccc(N(CCCC)CCCC)cc1C(=O)[O-].[Zn+2]. The summed E-state index contributed by atoms with van der Waals surface area (Å²) in [6.45, 7) is 17.6. The van der Waals surface area contributed by atoms with Crippen molar-refractivity contribution in [3.8, 4) is 11.5 Å². The smallest absolute Gasteiger partial charge is 0.545 e. The van der Waals surface area contributed by atoms with Crippen LogP contribution in [0, 0.1) is 0 Å². The van der Waals surface area contributed by atoms with E-state index < -0.39 is 11.9 Å². The van der Waals surface area contributed by atoms with Crippen LogP contribution >= 0.6 is 0 Å². The molecule has 2 rings (SSSR count). The number of hydrogen-bond donors (Lipinski definition) is 0. The van der Waals surface area contributed by atoms with Gasteiger partial charge in [-0.15, -0.1) is 0 Å². The van der Waals surface area contributed by atoms with Crippen LogP contribution in [0.5, 0.6) is 11.5 Å². The van der Waals surface area contributed by atoms with Crippen molar-refractivity contribution in [2.24, 2.45) is 0 Å². The van der Waals surface area contributed by atoms with Gasteiger partial charge in [0.2, 0.25) is 0 Å². The van der Waals surface area contributed by atoms with E-state index in [-0.39, 0.29) is 30.6 Å². The van der Waals surface area contributed by atoms with E-state index >= 15 is 0 Å². The number of ether oxygens (including phenoxy) is 2. The molecule has 47 heavy (non-hydrogen) atoms. The van der Waals surface area contributed by atoms with Gasteiger partial charge in [-0.25, -0.2) is 0 Å². The average molecular weight is 706 g/mol. The molecule has 0 saturated carbocycles. The molecule has 260 valence electrons. The van der Waals surface area contributed by atoms with E-state index in [0.29, 0.717) is 24.7 Å². The van der Waals surface area contributed by atoms with Crippen molar-refractivity contribution in [3.63, 3.8) is 0 Å². The topological polar surface area (TPSA) is 105 Å². The zero-order chi connectivity index (χ0) is 34.2. The van der Waals surface area contributed by atoms with Gasteiger partial charge in [0, 0.05) is 48.7 Å². The second-order valence-corrected chi connectivity index (χ2v) is 11.7. The van der Waals surface area contributed by atoms with E-state index in [1.165, 1.54) is 0 Å². The summed E-state index contributed by atoms with van der Waals surface area (Å²) in [5.74, 6) is -1.53. The second kappa shape index (κ2) is 27.2. The molecule has 0 aliphatic carbocycles. The zero-order valence-electron chi connectivity index (χ0n) is 30.2. The average Bonchev–Trinajstić information content (AvgIpc) is 3.05. The molecule has 8 nitrogen and oxygen atoms in total. The molecule has 0 unspecified atom stereocenters. The number of carbonyl (C=O) groups is 2. The molecule has 9 heteroatoms. The number of aromatic carboxylic acids is 2. The van der Waals surface area contributed by atoms with Gasteiger partial charge in [0.15, 0.2) is 0 Å². The zero-order valence-corrected chi connectivity index (χ0v) is 33.2. The van der Waals surface area contributed by atoms with Gasteiger partial charge in [-0.1, -0.05) is 80.1 Å². The number of unbranched alkanes of at least 4 members (excludes halogenated alkanes) is 6. The van der Waals surface area contributed by atoms with Crippen molar-refractivity contribution in [3.05, 3.63) is 47.5 Å². The molecule has 0 bridgehead atoms. The molecular formula is C38H60N2O6Zn. The summed E-state index contributed by atoms with van der Waals surface area (Å²) in [5, 5.41) is 22.9. The van der Waals surface area contributed by atoms with E-state index in [1.54, 1.807) is 24.3 Å². The standard InChI is InChI=1S/2C19H31NO3.Zn/c2*1-4-7-12-20(13-8-5-2)16-10-11-18(23-14-9-6-3)17(15-16)19(21)22;/h2*10-11,15H,4-9,12-14H2,1-3H3,(H,21,22);/q;;+2/p-2. The van der Waals surface area contributed by atoms with Crippen LogP contribution in [0.3, 0.4) is 0 Å². The third kappa shape index (κ3) is 17.3. The molecule has 0 aliphatic rings. The van der Waals surface area contributed by atoms with E-state index in [9.17, 15) is 19.8 Å². The predicted octanol–water partition coefficient (Wildman–Crippen LogP) is 7.27. The number of carboxylic acid groups (broad SMARTS) is 2. The van der Waals surface area contributed by atoms with Crippen molar-refractivity contribution >= 4 is 23.3 Å². The van der Waals surface area contributed by atoms with Gasteiger partial charge < -0.3 is 39.1 Å². The van der Waals surface area contributed by atoms with Gasteiger partial charge >= 0.3 is 19.5 Å². The Bertz CT molecular complexity index is 1030. The Morgan fingerprint density at radius 2 is 0.830 bits per heavy atom.